The molecule has 3 aromatic rings. The van der Waals surface area contributed by atoms with Crippen molar-refractivity contribution >= 4 is 17.5 Å². The molecular weight excluding hydrogens is 420 g/mol. The van der Waals surface area contributed by atoms with Gasteiger partial charge in [0, 0.05) is 17.6 Å². The van der Waals surface area contributed by atoms with Gasteiger partial charge >= 0.3 is 0 Å². The average molecular weight is 441 g/mol. The molecule has 0 bridgehead atoms. The number of carbonyl (C=O) groups excluding carboxylic acids is 1. The minimum absolute atomic E-state index is 0.195. The van der Waals surface area contributed by atoms with Crippen molar-refractivity contribution in [1.29, 1.82) is 0 Å². The van der Waals surface area contributed by atoms with E-state index in [0.29, 0.717) is 66.6 Å². The average Bonchev–Trinajstić information content (AvgIpc) is 3.18. The topological polar surface area (TPSA) is 87.5 Å². The van der Waals surface area contributed by atoms with Gasteiger partial charge < -0.3 is 24.1 Å². The number of pyridine rings is 1. The summed E-state index contributed by atoms with van der Waals surface area (Å²) in [5.41, 5.74) is 2.58. The molecule has 1 atom stereocenters. The maximum absolute atomic E-state index is 13.3. The van der Waals surface area contributed by atoms with Crippen LogP contribution in [-0.2, 0) is 24.3 Å². The quantitative estimate of drug-likeness (QED) is 0.671. The SMILES string of the molecule is COc1cccc(-c2c(C(=O)N[C@H]3COc4ccc(Cl)cc4C3)nc3n2CCOC3)n1. The fourth-order valence-electron chi connectivity index (χ4n) is 3.96. The number of carbonyl (C=O) groups is 1. The molecule has 0 saturated carbocycles. The zero-order valence-corrected chi connectivity index (χ0v) is 17.7. The Morgan fingerprint density at radius 3 is 3.06 bits per heavy atom. The number of aromatic nitrogens is 3. The summed E-state index contributed by atoms with van der Waals surface area (Å²) in [5.74, 6) is 1.69. The van der Waals surface area contributed by atoms with E-state index in [0.717, 1.165) is 11.3 Å². The Kier molecular flexibility index (Phi) is 5.25. The summed E-state index contributed by atoms with van der Waals surface area (Å²) in [5, 5.41) is 3.70. The van der Waals surface area contributed by atoms with Gasteiger partial charge in [0.15, 0.2) is 5.69 Å². The molecule has 0 unspecified atom stereocenters. The zero-order chi connectivity index (χ0) is 21.4. The summed E-state index contributed by atoms with van der Waals surface area (Å²) < 4.78 is 18.6. The van der Waals surface area contributed by atoms with E-state index in [1.165, 1.54) is 0 Å². The van der Waals surface area contributed by atoms with Gasteiger partial charge in [-0.2, -0.15) is 0 Å². The number of hydrogen-bond acceptors (Lipinski definition) is 6. The van der Waals surface area contributed by atoms with Gasteiger partial charge in [-0.3, -0.25) is 4.79 Å². The fourth-order valence-corrected chi connectivity index (χ4v) is 4.15. The minimum atomic E-state index is -0.277. The number of halogens is 1. The number of rotatable bonds is 4. The Morgan fingerprint density at radius 2 is 2.19 bits per heavy atom. The number of fused-ring (bicyclic) bond motifs is 2. The van der Waals surface area contributed by atoms with Crippen molar-refractivity contribution in [2.24, 2.45) is 0 Å². The first-order valence-electron chi connectivity index (χ1n) is 10.0. The maximum Gasteiger partial charge on any atom is 0.272 e. The molecule has 2 aliphatic rings. The molecule has 5 rings (SSSR count). The van der Waals surface area contributed by atoms with Gasteiger partial charge in [0.2, 0.25) is 5.88 Å². The molecular formula is C22H21ClN4O4. The summed E-state index contributed by atoms with van der Waals surface area (Å²) in [6.45, 7) is 1.88. The molecule has 0 radical (unpaired) electrons. The molecule has 2 aromatic heterocycles. The van der Waals surface area contributed by atoms with E-state index in [-0.39, 0.29) is 11.9 Å². The molecule has 2 aliphatic heterocycles. The summed E-state index contributed by atoms with van der Waals surface area (Å²) in [4.78, 5) is 22.4. The van der Waals surface area contributed by atoms with E-state index in [2.05, 4.69) is 15.3 Å². The lowest BCUT2D eigenvalue weighted by molar-refractivity contribution is 0.0820. The van der Waals surface area contributed by atoms with Crippen LogP contribution >= 0.6 is 11.6 Å². The third-order valence-corrected chi connectivity index (χ3v) is 5.63. The Morgan fingerprint density at radius 1 is 1.29 bits per heavy atom. The second kappa shape index (κ2) is 8.20. The lowest BCUT2D eigenvalue weighted by Crippen LogP contribution is -2.43. The van der Waals surface area contributed by atoms with Crippen LogP contribution in [0.1, 0.15) is 21.9 Å². The first-order valence-corrected chi connectivity index (χ1v) is 10.4. The Bertz CT molecular complexity index is 1150. The minimum Gasteiger partial charge on any atom is -0.491 e. The third-order valence-electron chi connectivity index (χ3n) is 5.39. The highest BCUT2D eigenvalue weighted by atomic mass is 35.5. The van der Waals surface area contributed by atoms with Crippen LogP contribution in [0, 0.1) is 0 Å². The molecule has 0 spiro atoms. The molecule has 31 heavy (non-hydrogen) atoms. The highest BCUT2D eigenvalue weighted by molar-refractivity contribution is 6.30. The van der Waals surface area contributed by atoms with Gasteiger partial charge in [-0.1, -0.05) is 17.7 Å². The molecule has 1 amide bonds. The molecule has 160 valence electrons. The molecule has 4 heterocycles. The number of hydrogen-bond donors (Lipinski definition) is 1. The zero-order valence-electron chi connectivity index (χ0n) is 16.9. The largest absolute Gasteiger partial charge is 0.491 e. The Balaban J connectivity index is 1.46. The second-order valence-corrected chi connectivity index (χ2v) is 7.87. The van der Waals surface area contributed by atoms with E-state index in [9.17, 15) is 4.79 Å². The third kappa shape index (κ3) is 3.84. The predicted molar refractivity (Wildman–Crippen MR) is 114 cm³/mol. The lowest BCUT2D eigenvalue weighted by atomic mass is 10.0. The van der Waals surface area contributed by atoms with E-state index in [4.69, 9.17) is 25.8 Å². The molecule has 8 nitrogen and oxygen atoms in total. The van der Waals surface area contributed by atoms with Gasteiger partial charge in [-0.15, -0.1) is 0 Å². The van der Waals surface area contributed by atoms with E-state index < -0.39 is 0 Å². The smallest absolute Gasteiger partial charge is 0.272 e. The Labute approximate surface area is 184 Å². The summed E-state index contributed by atoms with van der Waals surface area (Å²) in [6.07, 6.45) is 0.630. The number of nitrogens with zero attached hydrogens (tertiary/aromatic N) is 3. The van der Waals surface area contributed by atoms with Crippen LogP contribution in [0.15, 0.2) is 36.4 Å². The summed E-state index contributed by atoms with van der Waals surface area (Å²) in [7, 11) is 1.56. The first kappa shape index (κ1) is 19.8. The highest BCUT2D eigenvalue weighted by Gasteiger charge is 2.29. The second-order valence-electron chi connectivity index (χ2n) is 7.43. The number of benzene rings is 1. The normalized spacial score (nSPS) is 17.3. The molecule has 0 aliphatic carbocycles. The van der Waals surface area contributed by atoms with Gasteiger partial charge in [-0.05, 0) is 36.2 Å². The van der Waals surface area contributed by atoms with Crippen LogP contribution in [-0.4, -0.2) is 46.8 Å². The Hall–Kier alpha value is -3.10. The number of methoxy groups -OCH3 is 1. The summed E-state index contributed by atoms with van der Waals surface area (Å²) in [6, 6.07) is 10.8. The van der Waals surface area contributed by atoms with Crippen LogP contribution in [0.4, 0.5) is 0 Å². The van der Waals surface area contributed by atoms with Gasteiger partial charge in [-0.25, -0.2) is 9.97 Å². The predicted octanol–water partition coefficient (Wildman–Crippen LogP) is 2.87. The van der Waals surface area contributed by atoms with Crippen molar-refractivity contribution < 1.29 is 19.0 Å². The van der Waals surface area contributed by atoms with Crippen molar-refractivity contribution in [3.05, 3.63) is 58.5 Å². The maximum atomic E-state index is 13.3. The van der Waals surface area contributed by atoms with Crippen LogP contribution in [0.25, 0.3) is 11.4 Å². The van der Waals surface area contributed by atoms with Crippen molar-refractivity contribution in [3.63, 3.8) is 0 Å². The van der Waals surface area contributed by atoms with Crippen molar-refractivity contribution in [1.82, 2.24) is 19.9 Å². The monoisotopic (exact) mass is 440 g/mol. The molecule has 0 fully saturated rings. The van der Waals surface area contributed by atoms with Crippen LogP contribution < -0.4 is 14.8 Å². The fraction of sp³-hybridized carbons (Fsp3) is 0.318. The standard InChI is InChI=1S/C22H21ClN4O4/c1-29-19-4-2-3-16(25-19)21-20(26-18-12-30-8-7-27(18)21)22(28)24-15-10-13-9-14(23)5-6-17(13)31-11-15/h2-6,9,15H,7-8,10-12H2,1H3,(H,24,28)/t15-/m1/s1. The summed E-state index contributed by atoms with van der Waals surface area (Å²) >= 11 is 6.11. The van der Waals surface area contributed by atoms with Crippen molar-refractivity contribution in [2.75, 3.05) is 20.3 Å². The molecule has 1 aromatic carbocycles. The van der Waals surface area contributed by atoms with Crippen LogP contribution in [0.2, 0.25) is 5.02 Å². The number of ether oxygens (including phenoxy) is 3. The number of nitrogens with one attached hydrogen (secondary N) is 1. The van der Waals surface area contributed by atoms with Crippen molar-refractivity contribution in [2.45, 2.75) is 25.6 Å². The van der Waals surface area contributed by atoms with Crippen LogP contribution in [0.3, 0.4) is 0 Å². The lowest BCUT2D eigenvalue weighted by Gasteiger charge is -2.26. The van der Waals surface area contributed by atoms with Gasteiger partial charge in [0.1, 0.15) is 30.5 Å². The molecule has 0 saturated heterocycles. The van der Waals surface area contributed by atoms with Crippen LogP contribution in [0.5, 0.6) is 11.6 Å². The number of amides is 1. The number of imidazole rings is 1. The van der Waals surface area contributed by atoms with E-state index >= 15 is 0 Å². The van der Waals surface area contributed by atoms with Gasteiger partial charge in [0.05, 0.1) is 25.5 Å². The molecule has 9 heteroatoms. The van der Waals surface area contributed by atoms with Gasteiger partial charge in [0.25, 0.3) is 5.91 Å². The molecule has 1 N–H and O–H groups in total. The first-order chi connectivity index (χ1) is 15.1. The van der Waals surface area contributed by atoms with E-state index in [1.807, 2.05) is 28.8 Å². The van der Waals surface area contributed by atoms with E-state index in [1.54, 1.807) is 19.2 Å². The highest BCUT2D eigenvalue weighted by Crippen LogP contribution is 2.30. The van der Waals surface area contributed by atoms with Crippen molar-refractivity contribution in [3.8, 4) is 23.0 Å².